The van der Waals surface area contributed by atoms with E-state index in [0.717, 1.165) is 35.8 Å². The van der Waals surface area contributed by atoms with Crippen LogP contribution in [0.25, 0.3) is 0 Å². The lowest BCUT2D eigenvalue weighted by Gasteiger charge is -2.32. The van der Waals surface area contributed by atoms with Crippen LogP contribution in [0, 0.1) is 23.7 Å². The molecule has 1 aromatic rings. The van der Waals surface area contributed by atoms with Crippen LogP contribution < -0.4 is 14.8 Å². The summed E-state index contributed by atoms with van der Waals surface area (Å²) < 4.78 is 10.5. The molecule has 0 aliphatic heterocycles. The molecule has 4 nitrogen and oxygen atoms in total. The first-order valence-electron chi connectivity index (χ1n) is 8.88. The van der Waals surface area contributed by atoms with Gasteiger partial charge in [0.25, 0.3) is 0 Å². The molecule has 5 atom stereocenters. The van der Waals surface area contributed by atoms with Gasteiger partial charge in [-0.3, -0.25) is 0 Å². The molecule has 5 unspecified atom stereocenters. The third-order valence-corrected chi connectivity index (χ3v) is 6.54. The van der Waals surface area contributed by atoms with Gasteiger partial charge in [0.2, 0.25) is 5.75 Å². The predicted molar refractivity (Wildman–Crippen MR) is 88.9 cm³/mol. The van der Waals surface area contributed by atoms with Crippen molar-refractivity contribution in [3.8, 4) is 17.2 Å². The smallest absolute Gasteiger partial charge is 0.200 e. The molecule has 4 rings (SSSR count). The number of methoxy groups -OCH3 is 2. The second-order valence-corrected chi connectivity index (χ2v) is 7.49. The number of fused-ring (bicyclic) bond motifs is 5. The van der Waals surface area contributed by atoms with Gasteiger partial charge in [-0.1, -0.05) is 6.42 Å². The number of ether oxygens (including phenoxy) is 2. The molecule has 3 saturated carbocycles. The Labute approximate surface area is 138 Å². The Morgan fingerprint density at radius 1 is 1.04 bits per heavy atom. The molecule has 3 fully saturated rings. The van der Waals surface area contributed by atoms with Gasteiger partial charge in [-0.2, -0.15) is 0 Å². The van der Waals surface area contributed by atoms with Crippen LogP contribution in [0.5, 0.6) is 17.2 Å². The quantitative estimate of drug-likeness (QED) is 0.875. The minimum absolute atomic E-state index is 0.0764. The molecule has 126 valence electrons. The van der Waals surface area contributed by atoms with Gasteiger partial charge >= 0.3 is 0 Å². The van der Waals surface area contributed by atoms with Crippen LogP contribution in [0.2, 0.25) is 0 Å². The van der Waals surface area contributed by atoms with E-state index in [1.54, 1.807) is 14.2 Å². The Morgan fingerprint density at radius 3 is 2.43 bits per heavy atom. The minimum Gasteiger partial charge on any atom is -0.502 e. The van der Waals surface area contributed by atoms with Crippen molar-refractivity contribution in [2.24, 2.45) is 23.7 Å². The van der Waals surface area contributed by atoms with Crippen molar-refractivity contribution in [3.63, 3.8) is 0 Å². The van der Waals surface area contributed by atoms with Gasteiger partial charge in [0.15, 0.2) is 11.5 Å². The number of nitrogens with one attached hydrogen (secondary N) is 1. The van der Waals surface area contributed by atoms with Crippen molar-refractivity contribution >= 4 is 0 Å². The summed E-state index contributed by atoms with van der Waals surface area (Å²) in [6.07, 6.45) is 7.16. The Kier molecular flexibility index (Phi) is 3.88. The first-order valence-corrected chi connectivity index (χ1v) is 8.88. The van der Waals surface area contributed by atoms with E-state index in [1.807, 2.05) is 12.1 Å². The number of phenolic OH excluding ortho intramolecular Hbond substituents is 1. The largest absolute Gasteiger partial charge is 0.502 e. The van der Waals surface area contributed by atoms with E-state index in [2.05, 4.69) is 5.32 Å². The summed E-state index contributed by atoms with van der Waals surface area (Å²) in [5.41, 5.74) is 1.10. The van der Waals surface area contributed by atoms with Gasteiger partial charge < -0.3 is 19.9 Å². The molecule has 2 N–H and O–H groups in total. The zero-order chi connectivity index (χ0) is 16.0. The molecule has 0 heterocycles. The van der Waals surface area contributed by atoms with Gasteiger partial charge in [0.05, 0.1) is 14.2 Å². The molecule has 0 radical (unpaired) electrons. The Bertz CT molecular complexity index is 563. The predicted octanol–water partition coefficient (Wildman–Crippen LogP) is 3.32. The summed E-state index contributed by atoms with van der Waals surface area (Å²) in [5, 5.41) is 13.8. The average molecular weight is 317 g/mol. The maximum atomic E-state index is 10.0. The number of phenols is 1. The molecule has 1 aromatic carbocycles. The highest BCUT2D eigenvalue weighted by Gasteiger charge is 2.53. The third kappa shape index (κ3) is 2.47. The number of hydrogen-bond acceptors (Lipinski definition) is 4. The number of benzene rings is 1. The van der Waals surface area contributed by atoms with E-state index in [4.69, 9.17) is 9.47 Å². The van der Waals surface area contributed by atoms with Gasteiger partial charge in [-0.15, -0.1) is 0 Å². The highest BCUT2D eigenvalue weighted by Crippen LogP contribution is 2.58. The first-order chi connectivity index (χ1) is 11.2. The Morgan fingerprint density at radius 2 is 1.74 bits per heavy atom. The molecular weight excluding hydrogens is 290 g/mol. The van der Waals surface area contributed by atoms with Crippen molar-refractivity contribution in [2.75, 3.05) is 14.2 Å². The number of hydrogen-bond donors (Lipinski definition) is 2. The Hall–Kier alpha value is -1.42. The standard InChI is InChI=1S/C19H27NO3/c1-22-17-6-11(7-18(23-2)19(17)21)10-20-16-9-12-8-15(16)14-5-3-4-13(12)14/h6-7,12-16,20-21H,3-5,8-10H2,1-2H3. The van der Waals surface area contributed by atoms with Crippen molar-refractivity contribution in [2.45, 2.75) is 44.7 Å². The first kappa shape index (κ1) is 15.1. The highest BCUT2D eigenvalue weighted by atomic mass is 16.5. The van der Waals surface area contributed by atoms with E-state index in [1.165, 1.54) is 32.1 Å². The monoisotopic (exact) mass is 317 g/mol. The van der Waals surface area contributed by atoms with Crippen molar-refractivity contribution in [1.82, 2.24) is 5.32 Å². The van der Waals surface area contributed by atoms with Crippen LogP contribution in [0.1, 0.15) is 37.7 Å². The molecule has 0 spiro atoms. The van der Waals surface area contributed by atoms with Crippen LogP contribution in [-0.4, -0.2) is 25.4 Å². The van der Waals surface area contributed by atoms with E-state index in [-0.39, 0.29) is 5.75 Å². The van der Waals surface area contributed by atoms with Gasteiger partial charge in [-0.05, 0) is 67.1 Å². The fraction of sp³-hybridized carbons (Fsp3) is 0.684. The Balaban J connectivity index is 1.44. The van der Waals surface area contributed by atoms with E-state index >= 15 is 0 Å². The molecule has 2 bridgehead atoms. The fourth-order valence-electron chi connectivity index (χ4n) is 5.60. The van der Waals surface area contributed by atoms with Gasteiger partial charge in [0, 0.05) is 12.6 Å². The average Bonchev–Trinajstić information content (AvgIpc) is 3.26. The summed E-state index contributed by atoms with van der Waals surface area (Å²) in [6.45, 7) is 0.804. The molecule has 0 amide bonds. The maximum Gasteiger partial charge on any atom is 0.200 e. The van der Waals surface area contributed by atoms with Crippen LogP contribution in [0.4, 0.5) is 0 Å². The molecule has 23 heavy (non-hydrogen) atoms. The van der Waals surface area contributed by atoms with Gasteiger partial charge in [0.1, 0.15) is 0 Å². The second kappa shape index (κ2) is 5.90. The summed E-state index contributed by atoms with van der Waals surface area (Å²) in [6, 6.07) is 4.46. The van der Waals surface area contributed by atoms with Crippen LogP contribution >= 0.6 is 0 Å². The zero-order valence-corrected chi connectivity index (χ0v) is 14.0. The van der Waals surface area contributed by atoms with Crippen LogP contribution in [-0.2, 0) is 6.54 Å². The topological polar surface area (TPSA) is 50.7 Å². The SMILES string of the molecule is COc1cc(CNC2CC3CC2C2CCCC32)cc(OC)c1O. The van der Waals surface area contributed by atoms with Gasteiger partial charge in [-0.25, -0.2) is 0 Å². The van der Waals surface area contributed by atoms with E-state index < -0.39 is 0 Å². The summed E-state index contributed by atoms with van der Waals surface area (Å²) in [7, 11) is 3.14. The third-order valence-electron chi connectivity index (χ3n) is 6.54. The zero-order valence-electron chi connectivity index (χ0n) is 14.0. The molecule has 4 heteroatoms. The minimum atomic E-state index is 0.0764. The summed E-state index contributed by atoms with van der Waals surface area (Å²) in [4.78, 5) is 0. The van der Waals surface area contributed by atoms with E-state index in [0.29, 0.717) is 17.5 Å². The lowest BCUT2D eigenvalue weighted by Crippen LogP contribution is -2.38. The summed E-state index contributed by atoms with van der Waals surface area (Å²) in [5.74, 6) is 4.90. The lowest BCUT2D eigenvalue weighted by molar-refractivity contribution is 0.208. The number of rotatable bonds is 5. The molecule has 3 aliphatic rings. The highest BCUT2D eigenvalue weighted by molar-refractivity contribution is 5.52. The fourth-order valence-corrected chi connectivity index (χ4v) is 5.60. The summed E-state index contributed by atoms with van der Waals surface area (Å²) >= 11 is 0. The molecule has 3 aliphatic carbocycles. The van der Waals surface area contributed by atoms with Crippen LogP contribution in [0.3, 0.4) is 0 Å². The molecular formula is C19H27NO3. The normalized spacial score (nSPS) is 34.6. The van der Waals surface area contributed by atoms with E-state index in [9.17, 15) is 5.11 Å². The van der Waals surface area contributed by atoms with Crippen molar-refractivity contribution < 1.29 is 14.6 Å². The lowest BCUT2D eigenvalue weighted by atomic mass is 9.79. The second-order valence-electron chi connectivity index (χ2n) is 7.49. The van der Waals surface area contributed by atoms with Crippen molar-refractivity contribution in [1.29, 1.82) is 0 Å². The van der Waals surface area contributed by atoms with Crippen molar-refractivity contribution in [3.05, 3.63) is 17.7 Å². The molecule has 0 aromatic heterocycles. The number of aromatic hydroxyl groups is 1. The maximum absolute atomic E-state index is 10.0. The van der Waals surface area contributed by atoms with Crippen LogP contribution in [0.15, 0.2) is 12.1 Å². The molecule has 0 saturated heterocycles.